The molecule has 0 spiro atoms. The molecule has 0 saturated carbocycles. The second-order valence-corrected chi connectivity index (χ2v) is 12.9. The number of ether oxygens (including phenoxy) is 1. The number of hydrogen-bond donors (Lipinski definition) is 1. The normalized spacial score (nSPS) is 14.6. The Morgan fingerprint density at radius 2 is 1.66 bits per heavy atom. The number of nitrogens with zero attached hydrogens (tertiary/aromatic N) is 4. The highest BCUT2D eigenvalue weighted by atomic mass is 19.1. The molecule has 3 aromatic rings. The van der Waals surface area contributed by atoms with Crippen LogP contribution < -0.4 is 20.0 Å². The van der Waals surface area contributed by atoms with Crippen LogP contribution in [0.25, 0.3) is 0 Å². The van der Waals surface area contributed by atoms with Crippen LogP contribution in [0.15, 0.2) is 66.7 Å². The second-order valence-electron chi connectivity index (χ2n) is 12.9. The average molecular weight is 644 g/mol. The zero-order valence-corrected chi connectivity index (χ0v) is 27.4. The first-order valence-electron chi connectivity index (χ1n) is 16.0. The van der Waals surface area contributed by atoms with Crippen molar-refractivity contribution in [3.8, 4) is 0 Å². The summed E-state index contributed by atoms with van der Waals surface area (Å²) in [5, 5.41) is 2.66. The summed E-state index contributed by atoms with van der Waals surface area (Å²) in [6, 6.07) is 19.0. The van der Waals surface area contributed by atoms with Gasteiger partial charge >= 0.3 is 12.1 Å². The van der Waals surface area contributed by atoms with Crippen molar-refractivity contribution in [3.63, 3.8) is 0 Å². The number of benzene rings is 3. The van der Waals surface area contributed by atoms with Crippen LogP contribution in [-0.4, -0.2) is 67.7 Å². The van der Waals surface area contributed by atoms with Gasteiger partial charge in [0.2, 0.25) is 5.91 Å². The summed E-state index contributed by atoms with van der Waals surface area (Å²) in [7, 11) is 1.59. The number of aryl methyl sites for hydroxylation is 1. The average Bonchev–Trinajstić information content (AvgIpc) is 3.25. The topological polar surface area (TPSA) is 103 Å². The molecule has 248 valence electrons. The first-order chi connectivity index (χ1) is 22.4. The molecule has 0 aliphatic carbocycles. The van der Waals surface area contributed by atoms with Crippen molar-refractivity contribution in [1.82, 2.24) is 10.2 Å². The minimum Gasteiger partial charge on any atom is -0.444 e. The number of para-hydroxylation sites is 2. The summed E-state index contributed by atoms with van der Waals surface area (Å²) in [5.74, 6) is -1.05. The summed E-state index contributed by atoms with van der Waals surface area (Å²) in [6.45, 7) is 6.29. The second kappa shape index (κ2) is 14.2. The number of alkyl carbamates (subject to hydrolysis) is 1. The van der Waals surface area contributed by atoms with Crippen molar-refractivity contribution >= 4 is 41.0 Å². The molecule has 0 bridgehead atoms. The molecule has 2 heterocycles. The van der Waals surface area contributed by atoms with Gasteiger partial charge < -0.3 is 24.8 Å². The highest BCUT2D eigenvalue weighted by molar-refractivity contribution is 6.11. The van der Waals surface area contributed by atoms with Crippen LogP contribution in [-0.2, 0) is 22.5 Å². The largest absolute Gasteiger partial charge is 0.444 e. The molecule has 3 aromatic carbocycles. The monoisotopic (exact) mass is 643 g/mol. The van der Waals surface area contributed by atoms with E-state index < -0.39 is 23.5 Å². The molecule has 0 saturated heterocycles. The number of hydrogen-bond acceptors (Lipinski definition) is 5. The third-order valence-electron chi connectivity index (χ3n) is 8.13. The van der Waals surface area contributed by atoms with E-state index in [0.29, 0.717) is 24.2 Å². The number of carbonyl (C=O) groups is 4. The Bertz CT molecular complexity index is 1640. The Kier molecular flexibility index (Phi) is 10.1. The number of nitrogens with one attached hydrogen (secondary N) is 1. The van der Waals surface area contributed by atoms with Gasteiger partial charge in [0.25, 0.3) is 5.91 Å². The standard InChI is InChI=1S/C36H42FN5O5/c1-36(2,3)47-34(45)38-20-10-22-40-30-15-9-13-28(37)32(30)42(24-31(40)43)35(46)39(4)23-25-16-18-27(19-17-25)33(44)41-21-8-7-12-26-11-5-6-14-29(26)41/h5-6,9,11,13-19H,7-8,10,12,20-24H2,1-4H3,(H,38,45). The van der Waals surface area contributed by atoms with Gasteiger partial charge in [0.15, 0.2) is 0 Å². The summed E-state index contributed by atoms with van der Waals surface area (Å²) in [5.41, 5.74) is 3.14. The van der Waals surface area contributed by atoms with Gasteiger partial charge in [-0.2, -0.15) is 0 Å². The third-order valence-corrected chi connectivity index (χ3v) is 8.13. The molecular weight excluding hydrogens is 601 g/mol. The molecule has 47 heavy (non-hydrogen) atoms. The Labute approximate surface area is 275 Å². The lowest BCUT2D eigenvalue weighted by Crippen LogP contribution is -2.52. The first kappa shape index (κ1) is 33.4. The fraction of sp³-hybridized carbons (Fsp3) is 0.389. The molecule has 1 N–H and O–H groups in total. The van der Waals surface area contributed by atoms with Crippen LogP contribution in [0.3, 0.4) is 0 Å². The van der Waals surface area contributed by atoms with E-state index in [1.165, 1.54) is 27.5 Å². The lowest BCUT2D eigenvalue weighted by Gasteiger charge is -2.38. The van der Waals surface area contributed by atoms with Crippen LogP contribution >= 0.6 is 0 Å². The summed E-state index contributed by atoms with van der Waals surface area (Å²) in [6.07, 6.45) is 2.75. The lowest BCUT2D eigenvalue weighted by molar-refractivity contribution is -0.117. The molecule has 0 aromatic heterocycles. The molecule has 2 aliphatic rings. The Morgan fingerprint density at radius 1 is 0.936 bits per heavy atom. The molecule has 0 fully saturated rings. The summed E-state index contributed by atoms with van der Waals surface area (Å²) >= 11 is 0. The Balaban J connectivity index is 1.23. The maximum atomic E-state index is 15.3. The molecule has 5 amide bonds. The van der Waals surface area contributed by atoms with Gasteiger partial charge in [0.05, 0.1) is 5.69 Å². The maximum absolute atomic E-state index is 15.3. The van der Waals surface area contributed by atoms with Gasteiger partial charge in [-0.25, -0.2) is 14.0 Å². The molecule has 0 atom stereocenters. The predicted octanol–water partition coefficient (Wildman–Crippen LogP) is 6.13. The van der Waals surface area contributed by atoms with E-state index in [-0.39, 0.29) is 43.7 Å². The van der Waals surface area contributed by atoms with Crippen molar-refractivity contribution < 1.29 is 28.3 Å². The predicted molar refractivity (Wildman–Crippen MR) is 179 cm³/mol. The van der Waals surface area contributed by atoms with Gasteiger partial charge in [0.1, 0.15) is 23.7 Å². The molecule has 10 nitrogen and oxygen atoms in total. The Hall–Kier alpha value is -4.93. The first-order valence-corrected chi connectivity index (χ1v) is 16.0. The van der Waals surface area contributed by atoms with E-state index in [2.05, 4.69) is 11.4 Å². The minimum atomic E-state index is -0.630. The van der Waals surface area contributed by atoms with E-state index in [9.17, 15) is 19.2 Å². The van der Waals surface area contributed by atoms with Gasteiger partial charge in [-0.15, -0.1) is 0 Å². The molecule has 0 radical (unpaired) electrons. The van der Waals surface area contributed by atoms with Crippen LogP contribution in [0.2, 0.25) is 0 Å². The fourth-order valence-corrected chi connectivity index (χ4v) is 5.93. The number of halogens is 1. The smallest absolute Gasteiger partial charge is 0.407 e. The van der Waals surface area contributed by atoms with E-state index in [1.54, 1.807) is 46.0 Å². The Morgan fingerprint density at radius 3 is 2.40 bits per heavy atom. The zero-order chi connectivity index (χ0) is 33.7. The van der Waals surface area contributed by atoms with Gasteiger partial charge in [-0.1, -0.05) is 36.4 Å². The van der Waals surface area contributed by atoms with Crippen molar-refractivity contribution in [1.29, 1.82) is 0 Å². The molecule has 0 unspecified atom stereocenters. The summed E-state index contributed by atoms with van der Waals surface area (Å²) in [4.78, 5) is 58.2. The number of fused-ring (bicyclic) bond motifs is 2. The van der Waals surface area contributed by atoms with Crippen LogP contribution in [0.5, 0.6) is 0 Å². The van der Waals surface area contributed by atoms with Crippen LogP contribution in [0.1, 0.15) is 61.5 Å². The number of amides is 5. The lowest BCUT2D eigenvalue weighted by atomic mass is 10.1. The van der Waals surface area contributed by atoms with E-state index in [1.807, 2.05) is 35.2 Å². The van der Waals surface area contributed by atoms with Crippen molar-refractivity contribution in [2.75, 3.05) is 47.9 Å². The highest BCUT2D eigenvalue weighted by Gasteiger charge is 2.36. The third kappa shape index (κ3) is 7.90. The van der Waals surface area contributed by atoms with E-state index in [4.69, 9.17) is 4.74 Å². The number of urea groups is 1. The number of carbonyl (C=O) groups excluding carboxylic acids is 4. The quantitative estimate of drug-likeness (QED) is 0.312. The van der Waals surface area contributed by atoms with Gasteiger partial charge in [-0.3, -0.25) is 14.5 Å². The molecule has 5 rings (SSSR count). The molecule has 2 aliphatic heterocycles. The molecule has 11 heteroatoms. The van der Waals surface area contributed by atoms with Crippen LogP contribution in [0.4, 0.5) is 31.0 Å². The summed E-state index contributed by atoms with van der Waals surface area (Å²) < 4.78 is 20.5. The van der Waals surface area contributed by atoms with Crippen molar-refractivity contribution in [2.24, 2.45) is 0 Å². The molecular formula is C36H42FN5O5. The van der Waals surface area contributed by atoms with Crippen molar-refractivity contribution in [2.45, 2.75) is 58.6 Å². The number of rotatable bonds is 7. The number of anilines is 3. The van der Waals surface area contributed by atoms with E-state index in [0.717, 1.165) is 35.4 Å². The van der Waals surface area contributed by atoms with Crippen LogP contribution in [0, 0.1) is 5.82 Å². The maximum Gasteiger partial charge on any atom is 0.407 e. The fourth-order valence-electron chi connectivity index (χ4n) is 5.93. The van der Waals surface area contributed by atoms with Gasteiger partial charge in [-0.05, 0) is 87.9 Å². The SMILES string of the molecule is CN(Cc1ccc(C(=O)N2CCCCc3ccccc32)cc1)C(=O)N1CC(=O)N(CCCNC(=O)OC(C)(C)C)c2cccc(F)c21. The van der Waals surface area contributed by atoms with Gasteiger partial charge in [0, 0.05) is 44.5 Å². The zero-order valence-electron chi connectivity index (χ0n) is 27.4. The van der Waals surface area contributed by atoms with Crippen molar-refractivity contribution in [3.05, 3.63) is 89.2 Å². The van der Waals surface area contributed by atoms with E-state index >= 15 is 4.39 Å². The highest BCUT2D eigenvalue weighted by Crippen LogP contribution is 2.37. The minimum absolute atomic E-state index is 0.0303.